The average molecular weight is 331 g/mol. The van der Waals surface area contributed by atoms with Crippen LogP contribution in [0, 0.1) is 5.92 Å². The molecule has 2 rings (SSSR count). The van der Waals surface area contributed by atoms with Crippen LogP contribution in [0.25, 0.3) is 10.9 Å². The monoisotopic (exact) mass is 331 g/mol. The fourth-order valence-corrected chi connectivity index (χ4v) is 2.37. The SMILES string of the molecule is CCCn1c(=O)c(C(=O)NNC(=O)C(C)C)c(O)c2ccccc21. The second-order valence-corrected chi connectivity index (χ2v) is 5.80. The molecule has 3 N–H and O–H groups in total. The number of hydrazine groups is 1. The molecular weight excluding hydrogens is 310 g/mol. The van der Waals surface area contributed by atoms with Gasteiger partial charge in [0.25, 0.3) is 11.5 Å². The Labute approximate surface area is 139 Å². The van der Waals surface area contributed by atoms with Gasteiger partial charge in [0.1, 0.15) is 11.3 Å². The van der Waals surface area contributed by atoms with E-state index < -0.39 is 17.4 Å². The van der Waals surface area contributed by atoms with Gasteiger partial charge < -0.3 is 9.67 Å². The molecule has 0 aliphatic rings. The quantitative estimate of drug-likeness (QED) is 0.740. The van der Waals surface area contributed by atoms with E-state index in [2.05, 4.69) is 10.9 Å². The van der Waals surface area contributed by atoms with Gasteiger partial charge in [0.05, 0.1) is 5.52 Å². The number of aromatic hydroxyl groups is 1. The standard InChI is InChI=1S/C17H21N3O4/c1-4-9-20-12-8-6-5-7-11(12)14(21)13(17(20)24)16(23)19-18-15(22)10(2)3/h5-8,10,21H,4,9H2,1-3H3,(H,18,22)(H,19,23). The number of rotatable bonds is 4. The van der Waals surface area contributed by atoms with Gasteiger partial charge >= 0.3 is 0 Å². The normalized spacial score (nSPS) is 10.8. The molecule has 0 radical (unpaired) electrons. The lowest BCUT2D eigenvalue weighted by atomic mass is 10.1. The van der Waals surface area contributed by atoms with E-state index in [1.165, 1.54) is 4.57 Å². The number of benzene rings is 1. The minimum Gasteiger partial charge on any atom is -0.506 e. The number of hydrogen-bond donors (Lipinski definition) is 3. The average Bonchev–Trinajstić information content (AvgIpc) is 2.56. The molecule has 7 heteroatoms. The van der Waals surface area contributed by atoms with Crippen molar-refractivity contribution in [3.63, 3.8) is 0 Å². The maximum atomic E-state index is 12.6. The minimum absolute atomic E-state index is 0.327. The van der Waals surface area contributed by atoms with Gasteiger partial charge in [-0.1, -0.05) is 32.9 Å². The highest BCUT2D eigenvalue weighted by Crippen LogP contribution is 2.26. The Morgan fingerprint density at radius 2 is 1.88 bits per heavy atom. The van der Waals surface area contributed by atoms with Crippen LogP contribution in [-0.2, 0) is 11.3 Å². The van der Waals surface area contributed by atoms with Gasteiger partial charge in [0, 0.05) is 17.8 Å². The van der Waals surface area contributed by atoms with Gasteiger partial charge in [-0.15, -0.1) is 0 Å². The molecule has 128 valence electrons. The highest BCUT2D eigenvalue weighted by Gasteiger charge is 2.22. The number of hydrogen-bond acceptors (Lipinski definition) is 4. The third-order valence-electron chi connectivity index (χ3n) is 3.64. The highest BCUT2D eigenvalue weighted by atomic mass is 16.3. The van der Waals surface area contributed by atoms with Crippen LogP contribution in [0.15, 0.2) is 29.1 Å². The maximum absolute atomic E-state index is 12.6. The molecule has 1 aromatic heterocycles. The van der Waals surface area contributed by atoms with Crippen molar-refractivity contribution in [3.8, 4) is 5.75 Å². The minimum atomic E-state index is -0.845. The summed E-state index contributed by atoms with van der Waals surface area (Å²) < 4.78 is 1.45. The number of amides is 2. The number of aromatic nitrogens is 1. The first-order valence-electron chi connectivity index (χ1n) is 7.83. The number of para-hydroxylation sites is 1. The molecule has 0 saturated heterocycles. The zero-order valence-electron chi connectivity index (χ0n) is 13.9. The summed E-state index contributed by atoms with van der Waals surface area (Å²) in [5, 5.41) is 10.8. The molecule has 0 unspecified atom stereocenters. The summed E-state index contributed by atoms with van der Waals surface area (Å²) in [6.07, 6.45) is 0.694. The molecule has 0 atom stereocenters. The molecule has 0 bridgehead atoms. The Bertz CT molecular complexity index is 840. The molecule has 0 saturated carbocycles. The van der Waals surface area contributed by atoms with Crippen LogP contribution in [0.2, 0.25) is 0 Å². The van der Waals surface area contributed by atoms with E-state index in [0.29, 0.717) is 23.9 Å². The summed E-state index contributed by atoms with van der Waals surface area (Å²) in [4.78, 5) is 36.5. The highest BCUT2D eigenvalue weighted by molar-refractivity contribution is 6.02. The van der Waals surface area contributed by atoms with E-state index in [4.69, 9.17) is 0 Å². The molecule has 24 heavy (non-hydrogen) atoms. The number of carbonyl (C=O) groups excluding carboxylic acids is 2. The predicted octanol–water partition coefficient (Wildman–Crippen LogP) is 1.53. The second kappa shape index (κ2) is 7.16. The largest absolute Gasteiger partial charge is 0.506 e. The Kier molecular flexibility index (Phi) is 5.23. The summed E-state index contributed by atoms with van der Waals surface area (Å²) in [6, 6.07) is 6.83. The van der Waals surface area contributed by atoms with E-state index in [0.717, 1.165) is 0 Å². The molecule has 0 spiro atoms. The van der Waals surface area contributed by atoms with Crippen molar-refractivity contribution < 1.29 is 14.7 Å². The zero-order chi connectivity index (χ0) is 17.9. The molecule has 2 aromatic rings. The predicted molar refractivity (Wildman–Crippen MR) is 90.6 cm³/mol. The number of nitrogens with one attached hydrogen (secondary N) is 2. The first-order chi connectivity index (χ1) is 11.4. The van der Waals surface area contributed by atoms with Crippen molar-refractivity contribution in [1.82, 2.24) is 15.4 Å². The van der Waals surface area contributed by atoms with Crippen LogP contribution in [-0.4, -0.2) is 21.5 Å². The van der Waals surface area contributed by atoms with Crippen LogP contribution in [0.1, 0.15) is 37.6 Å². The van der Waals surface area contributed by atoms with Gasteiger partial charge in [0.2, 0.25) is 5.91 Å². The number of carbonyl (C=O) groups is 2. The Balaban J connectivity index is 2.52. The van der Waals surface area contributed by atoms with Gasteiger partial charge in [-0.05, 0) is 18.6 Å². The van der Waals surface area contributed by atoms with Crippen LogP contribution in [0.5, 0.6) is 5.75 Å². The van der Waals surface area contributed by atoms with Gasteiger partial charge in [-0.3, -0.25) is 25.2 Å². The first-order valence-corrected chi connectivity index (χ1v) is 7.83. The van der Waals surface area contributed by atoms with Crippen molar-refractivity contribution in [2.45, 2.75) is 33.7 Å². The summed E-state index contributed by atoms with van der Waals surface area (Å²) >= 11 is 0. The topological polar surface area (TPSA) is 100 Å². The fraction of sp³-hybridized carbons (Fsp3) is 0.353. The number of aryl methyl sites for hydroxylation is 1. The number of nitrogens with zero attached hydrogens (tertiary/aromatic N) is 1. The van der Waals surface area contributed by atoms with Crippen LogP contribution < -0.4 is 16.4 Å². The molecular formula is C17H21N3O4. The van der Waals surface area contributed by atoms with Crippen molar-refractivity contribution in [3.05, 3.63) is 40.2 Å². The molecule has 1 heterocycles. The van der Waals surface area contributed by atoms with E-state index in [9.17, 15) is 19.5 Å². The van der Waals surface area contributed by atoms with Crippen molar-refractivity contribution in [2.75, 3.05) is 0 Å². The van der Waals surface area contributed by atoms with Crippen molar-refractivity contribution in [2.24, 2.45) is 5.92 Å². The summed E-state index contributed by atoms with van der Waals surface area (Å²) in [5.41, 5.74) is 4.00. The third-order valence-corrected chi connectivity index (χ3v) is 3.64. The summed E-state index contributed by atoms with van der Waals surface area (Å²) in [5.74, 6) is -1.95. The second-order valence-electron chi connectivity index (χ2n) is 5.80. The smallest absolute Gasteiger partial charge is 0.279 e. The summed E-state index contributed by atoms with van der Waals surface area (Å²) in [7, 11) is 0. The Morgan fingerprint density at radius 1 is 1.21 bits per heavy atom. The van der Waals surface area contributed by atoms with E-state index in [1.807, 2.05) is 6.92 Å². The molecule has 1 aromatic carbocycles. The molecule has 2 amide bonds. The number of pyridine rings is 1. The van der Waals surface area contributed by atoms with Gasteiger partial charge in [0.15, 0.2) is 0 Å². The lowest BCUT2D eigenvalue weighted by molar-refractivity contribution is -0.124. The van der Waals surface area contributed by atoms with Crippen molar-refractivity contribution in [1.29, 1.82) is 0 Å². The van der Waals surface area contributed by atoms with E-state index in [1.54, 1.807) is 38.1 Å². The fourth-order valence-electron chi connectivity index (χ4n) is 2.37. The molecule has 0 aliphatic carbocycles. The molecule has 0 fully saturated rings. The van der Waals surface area contributed by atoms with E-state index >= 15 is 0 Å². The Morgan fingerprint density at radius 3 is 2.50 bits per heavy atom. The molecule has 0 aliphatic heterocycles. The van der Waals surface area contributed by atoms with E-state index in [-0.39, 0.29) is 17.2 Å². The lowest BCUT2D eigenvalue weighted by Gasteiger charge is -2.15. The lowest BCUT2D eigenvalue weighted by Crippen LogP contribution is -2.45. The zero-order valence-corrected chi connectivity index (χ0v) is 13.9. The number of fused-ring (bicyclic) bond motifs is 1. The van der Waals surface area contributed by atoms with Crippen LogP contribution in [0.3, 0.4) is 0 Å². The summed E-state index contributed by atoms with van der Waals surface area (Å²) in [6.45, 7) is 5.67. The van der Waals surface area contributed by atoms with Gasteiger partial charge in [-0.2, -0.15) is 0 Å². The first kappa shape index (κ1) is 17.5. The van der Waals surface area contributed by atoms with Gasteiger partial charge in [-0.25, -0.2) is 0 Å². The Hall–Kier alpha value is -2.83. The van der Waals surface area contributed by atoms with Crippen LogP contribution in [0.4, 0.5) is 0 Å². The maximum Gasteiger partial charge on any atom is 0.279 e. The van der Waals surface area contributed by atoms with Crippen molar-refractivity contribution >= 4 is 22.7 Å². The third kappa shape index (κ3) is 3.24. The molecule has 7 nitrogen and oxygen atoms in total. The van der Waals surface area contributed by atoms with Crippen LogP contribution >= 0.6 is 0 Å².